The van der Waals surface area contributed by atoms with Gasteiger partial charge in [-0.15, -0.1) is 0 Å². The number of anilines is 1. The highest BCUT2D eigenvalue weighted by atomic mass is 32.2. The number of hydrogen-bond acceptors (Lipinski definition) is 4. The van der Waals surface area contributed by atoms with Gasteiger partial charge >= 0.3 is 0 Å². The second-order valence-corrected chi connectivity index (χ2v) is 7.32. The first-order valence-corrected chi connectivity index (χ1v) is 9.20. The molecule has 1 aromatic heterocycles. The molecule has 0 saturated carbocycles. The fourth-order valence-electron chi connectivity index (χ4n) is 2.67. The SMILES string of the molecule is CCN1C(=O)c2cccnc2Sc2cc(C(=O)NCC(C)C)ccc21. The molecule has 0 spiro atoms. The van der Waals surface area contributed by atoms with E-state index in [1.165, 1.54) is 11.8 Å². The molecule has 25 heavy (non-hydrogen) atoms. The summed E-state index contributed by atoms with van der Waals surface area (Å²) in [6, 6.07) is 9.03. The average molecular weight is 355 g/mol. The van der Waals surface area contributed by atoms with Crippen molar-refractivity contribution >= 4 is 29.3 Å². The van der Waals surface area contributed by atoms with Crippen LogP contribution in [0.3, 0.4) is 0 Å². The van der Waals surface area contributed by atoms with Crippen LogP contribution in [-0.2, 0) is 0 Å². The molecule has 1 aromatic carbocycles. The van der Waals surface area contributed by atoms with E-state index < -0.39 is 0 Å². The molecule has 0 fully saturated rings. The van der Waals surface area contributed by atoms with Crippen LogP contribution in [0, 0.1) is 5.92 Å². The number of pyridine rings is 1. The summed E-state index contributed by atoms with van der Waals surface area (Å²) in [6.07, 6.45) is 1.68. The molecule has 6 heteroatoms. The van der Waals surface area contributed by atoms with Gasteiger partial charge in [0.25, 0.3) is 11.8 Å². The number of amides is 2. The normalized spacial score (nSPS) is 13.3. The molecule has 5 nitrogen and oxygen atoms in total. The van der Waals surface area contributed by atoms with E-state index in [-0.39, 0.29) is 11.8 Å². The van der Waals surface area contributed by atoms with E-state index in [1.54, 1.807) is 29.3 Å². The van der Waals surface area contributed by atoms with Crippen LogP contribution in [0.15, 0.2) is 46.5 Å². The zero-order valence-electron chi connectivity index (χ0n) is 14.6. The monoisotopic (exact) mass is 355 g/mol. The first-order valence-electron chi connectivity index (χ1n) is 8.38. The van der Waals surface area contributed by atoms with E-state index in [2.05, 4.69) is 24.1 Å². The Morgan fingerprint density at radius 2 is 2.12 bits per heavy atom. The van der Waals surface area contributed by atoms with Gasteiger partial charge in [0.15, 0.2) is 0 Å². The minimum Gasteiger partial charge on any atom is -0.352 e. The van der Waals surface area contributed by atoms with E-state index in [9.17, 15) is 9.59 Å². The molecule has 0 atom stereocenters. The highest BCUT2D eigenvalue weighted by Crippen LogP contribution is 2.40. The quantitative estimate of drug-likeness (QED) is 0.910. The summed E-state index contributed by atoms with van der Waals surface area (Å²) < 4.78 is 0. The van der Waals surface area contributed by atoms with Crippen molar-refractivity contribution in [1.29, 1.82) is 0 Å². The van der Waals surface area contributed by atoms with Gasteiger partial charge in [-0.1, -0.05) is 25.6 Å². The van der Waals surface area contributed by atoms with Crippen LogP contribution in [-0.4, -0.2) is 29.9 Å². The Morgan fingerprint density at radius 1 is 1.32 bits per heavy atom. The van der Waals surface area contributed by atoms with Crippen molar-refractivity contribution in [3.05, 3.63) is 47.7 Å². The standard InChI is InChI=1S/C19H21N3O2S/c1-4-22-15-8-7-13(17(23)21-11-12(2)3)10-16(15)25-18-14(19(22)24)6-5-9-20-18/h5-10,12H,4,11H2,1-3H3,(H,21,23). The number of aromatic nitrogens is 1. The highest BCUT2D eigenvalue weighted by molar-refractivity contribution is 7.99. The Balaban J connectivity index is 2.00. The molecule has 0 unspecified atom stereocenters. The summed E-state index contributed by atoms with van der Waals surface area (Å²) in [5.41, 5.74) is 2.00. The maximum Gasteiger partial charge on any atom is 0.261 e. The van der Waals surface area contributed by atoms with Crippen LogP contribution in [0.1, 0.15) is 41.5 Å². The molecular weight excluding hydrogens is 334 g/mol. The fraction of sp³-hybridized carbons (Fsp3) is 0.316. The van der Waals surface area contributed by atoms with Gasteiger partial charge in [0.1, 0.15) is 5.03 Å². The Bertz CT molecular complexity index is 820. The van der Waals surface area contributed by atoms with Crippen LogP contribution >= 0.6 is 11.8 Å². The Morgan fingerprint density at radius 3 is 2.84 bits per heavy atom. The van der Waals surface area contributed by atoms with Crippen molar-refractivity contribution in [3.63, 3.8) is 0 Å². The lowest BCUT2D eigenvalue weighted by Crippen LogP contribution is -2.31. The minimum atomic E-state index is -0.100. The molecule has 2 heterocycles. The molecule has 1 N–H and O–H groups in total. The van der Waals surface area contributed by atoms with Crippen molar-refractivity contribution in [2.24, 2.45) is 5.92 Å². The lowest BCUT2D eigenvalue weighted by molar-refractivity contribution is 0.0948. The molecule has 0 saturated heterocycles. The van der Waals surface area contributed by atoms with Gasteiger partial charge in [0.05, 0.1) is 11.3 Å². The molecular formula is C19H21N3O2S. The summed E-state index contributed by atoms with van der Waals surface area (Å²) in [5.74, 6) is 0.231. The van der Waals surface area contributed by atoms with Crippen LogP contribution in [0.5, 0.6) is 0 Å². The molecule has 3 rings (SSSR count). The zero-order chi connectivity index (χ0) is 18.0. The number of benzene rings is 1. The Kier molecular flexibility index (Phi) is 5.08. The van der Waals surface area contributed by atoms with Gasteiger partial charge in [-0.05, 0) is 43.2 Å². The van der Waals surface area contributed by atoms with Crippen molar-refractivity contribution in [2.45, 2.75) is 30.7 Å². The third kappa shape index (κ3) is 3.54. The fourth-order valence-corrected chi connectivity index (χ4v) is 3.72. The summed E-state index contributed by atoms with van der Waals surface area (Å²) in [6.45, 7) is 7.24. The maximum atomic E-state index is 12.8. The predicted octanol–water partition coefficient (Wildman–Crippen LogP) is 3.60. The number of fused-ring (bicyclic) bond motifs is 2. The molecule has 1 aliphatic heterocycles. The van der Waals surface area contributed by atoms with Crippen LogP contribution in [0.4, 0.5) is 5.69 Å². The van der Waals surface area contributed by atoms with Crippen molar-refractivity contribution in [2.75, 3.05) is 18.0 Å². The second-order valence-electron chi connectivity index (χ2n) is 6.29. The first-order chi connectivity index (χ1) is 12.0. The van der Waals surface area contributed by atoms with Crippen LogP contribution in [0.2, 0.25) is 0 Å². The van der Waals surface area contributed by atoms with Crippen molar-refractivity contribution in [1.82, 2.24) is 10.3 Å². The lowest BCUT2D eigenvalue weighted by Gasteiger charge is -2.21. The van der Waals surface area contributed by atoms with Crippen LogP contribution in [0.25, 0.3) is 0 Å². The zero-order valence-corrected chi connectivity index (χ0v) is 15.4. The topological polar surface area (TPSA) is 62.3 Å². The molecule has 0 aliphatic carbocycles. The highest BCUT2D eigenvalue weighted by Gasteiger charge is 2.27. The number of nitrogens with one attached hydrogen (secondary N) is 1. The summed E-state index contributed by atoms with van der Waals surface area (Å²) in [4.78, 5) is 32.1. The molecule has 2 aromatic rings. The molecule has 1 aliphatic rings. The minimum absolute atomic E-state index is 0.0612. The van der Waals surface area contributed by atoms with Gasteiger partial charge < -0.3 is 10.2 Å². The summed E-state index contributed by atoms with van der Waals surface area (Å²) in [5, 5.41) is 3.60. The van der Waals surface area contributed by atoms with E-state index in [4.69, 9.17) is 0 Å². The Labute approximate surface area is 151 Å². The largest absolute Gasteiger partial charge is 0.352 e. The van der Waals surface area contributed by atoms with Gasteiger partial charge in [0.2, 0.25) is 0 Å². The summed E-state index contributed by atoms with van der Waals surface area (Å²) >= 11 is 1.43. The van der Waals surface area contributed by atoms with Crippen molar-refractivity contribution in [3.8, 4) is 0 Å². The number of hydrogen-bond donors (Lipinski definition) is 1. The van der Waals surface area contributed by atoms with Crippen molar-refractivity contribution < 1.29 is 9.59 Å². The van der Waals surface area contributed by atoms with Gasteiger partial charge in [-0.3, -0.25) is 9.59 Å². The predicted molar refractivity (Wildman–Crippen MR) is 99.3 cm³/mol. The average Bonchev–Trinajstić information content (AvgIpc) is 2.72. The molecule has 0 radical (unpaired) electrons. The van der Waals surface area contributed by atoms with Gasteiger partial charge in [-0.25, -0.2) is 4.98 Å². The van der Waals surface area contributed by atoms with E-state index in [0.717, 1.165) is 10.6 Å². The first kappa shape index (κ1) is 17.5. The second kappa shape index (κ2) is 7.27. The lowest BCUT2D eigenvalue weighted by atomic mass is 10.1. The number of nitrogens with zero attached hydrogens (tertiary/aromatic N) is 2. The van der Waals surface area contributed by atoms with Crippen LogP contribution < -0.4 is 10.2 Å². The third-order valence-corrected chi connectivity index (χ3v) is 5.02. The maximum absolute atomic E-state index is 12.8. The van der Waals surface area contributed by atoms with E-state index >= 15 is 0 Å². The van der Waals surface area contributed by atoms with Gasteiger partial charge in [-0.2, -0.15) is 0 Å². The van der Waals surface area contributed by atoms with E-state index in [1.807, 2.05) is 19.1 Å². The molecule has 0 bridgehead atoms. The number of carbonyl (C=O) groups excluding carboxylic acids is 2. The number of carbonyl (C=O) groups is 2. The molecule has 2 amide bonds. The van der Waals surface area contributed by atoms with Gasteiger partial charge in [0, 0.05) is 29.7 Å². The molecule has 130 valence electrons. The smallest absolute Gasteiger partial charge is 0.261 e. The van der Waals surface area contributed by atoms with E-state index in [0.29, 0.717) is 35.2 Å². The number of rotatable bonds is 4. The third-order valence-electron chi connectivity index (χ3n) is 3.95. The summed E-state index contributed by atoms with van der Waals surface area (Å²) in [7, 11) is 0. The Hall–Kier alpha value is -2.34.